The second-order valence-electron chi connectivity index (χ2n) is 11.9. The third-order valence-corrected chi connectivity index (χ3v) is 7.45. The smallest absolute Gasteiger partial charge is 0.326 e. The fourth-order valence-corrected chi connectivity index (χ4v) is 4.90. The van der Waals surface area contributed by atoms with Crippen molar-refractivity contribution in [3.05, 3.63) is 29.8 Å². The molecule has 2 rings (SSSR count). The van der Waals surface area contributed by atoms with Gasteiger partial charge in [-0.05, 0) is 55.2 Å². The average molecular weight is 620 g/mol. The summed E-state index contributed by atoms with van der Waals surface area (Å²) in [7, 11) is 0. The lowest BCUT2D eigenvalue weighted by Gasteiger charge is -2.30. The van der Waals surface area contributed by atoms with Crippen molar-refractivity contribution in [2.75, 3.05) is 6.54 Å². The number of aliphatic carboxylic acids is 2. The second-order valence-corrected chi connectivity index (χ2v) is 11.9. The zero-order chi connectivity index (χ0) is 33.1. The summed E-state index contributed by atoms with van der Waals surface area (Å²) >= 11 is 0. The van der Waals surface area contributed by atoms with Gasteiger partial charge < -0.3 is 41.9 Å². The molecule has 44 heavy (non-hydrogen) atoms. The molecule has 1 heterocycles. The number of carboxylic acid groups (broad SMARTS) is 2. The highest BCUT2D eigenvalue weighted by Crippen LogP contribution is 2.21. The van der Waals surface area contributed by atoms with Crippen LogP contribution in [0.3, 0.4) is 0 Å². The van der Waals surface area contributed by atoms with Crippen molar-refractivity contribution >= 4 is 35.6 Å². The van der Waals surface area contributed by atoms with Crippen LogP contribution in [0.1, 0.15) is 65.4 Å². The van der Waals surface area contributed by atoms with Crippen LogP contribution >= 0.6 is 0 Å². The minimum absolute atomic E-state index is 0.00457. The Morgan fingerprint density at radius 1 is 0.909 bits per heavy atom. The average Bonchev–Trinajstić information content (AvgIpc) is 3.44. The molecular weight excluding hydrogens is 574 g/mol. The number of carboxylic acids is 2. The minimum atomic E-state index is -1.49. The summed E-state index contributed by atoms with van der Waals surface area (Å²) in [5.41, 5.74) is 6.66. The van der Waals surface area contributed by atoms with Gasteiger partial charge in [0.1, 0.15) is 29.9 Å². The number of benzene rings is 1. The Bertz CT molecular complexity index is 1190. The highest BCUT2D eigenvalue weighted by atomic mass is 16.4. The summed E-state index contributed by atoms with van der Waals surface area (Å²) < 4.78 is 0. The Hall–Kier alpha value is -4.20. The maximum absolute atomic E-state index is 13.7. The highest BCUT2D eigenvalue weighted by molar-refractivity contribution is 5.95. The van der Waals surface area contributed by atoms with E-state index in [4.69, 9.17) is 10.8 Å². The van der Waals surface area contributed by atoms with E-state index >= 15 is 0 Å². The van der Waals surface area contributed by atoms with E-state index in [0.29, 0.717) is 24.9 Å². The molecule has 0 radical (unpaired) electrons. The molecule has 0 bridgehead atoms. The molecule has 1 aliphatic rings. The van der Waals surface area contributed by atoms with E-state index in [1.807, 2.05) is 0 Å². The number of nitrogens with zero attached hydrogens (tertiary/aromatic N) is 1. The van der Waals surface area contributed by atoms with Crippen molar-refractivity contribution in [2.45, 2.75) is 96.4 Å². The Morgan fingerprint density at radius 3 is 2.05 bits per heavy atom. The Balaban J connectivity index is 2.29. The summed E-state index contributed by atoms with van der Waals surface area (Å²) in [5.74, 6) is -5.34. The molecule has 0 aromatic heterocycles. The van der Waals surface area contributed by atoms with Crippen LogP contribution in [0.15, 0.2) is 24.3 Å². The molecule has 1 aromatic rings. The molecule has 1 aromatic carbocycles. The number of likely N-dealkylation sites (tertiary alicyclic amines) is 1. The third-order valence-electron chi connectivity index (χ3n) is 7.45. The van der Waals surface area contributed by atoms with Crippen LogP contribution in [0.25, 0.3) is 0 Å². The maximum Gasteiger partial charge on any atom is 0.326 e. The predicted molar refractivity (Wildman–Crippen MR) is 159 cm³/mol. The van der Waals surface area contributed by atoms with Gasteiger partial charge in [-0.2, -0.15) is 0 Å². The standard InChI is InChI=1S/C30H45N5O9/c1-16(2)14-21(26(39)32-20(30(43)44)11-12-24(37)38)33-27(40)22(15-18-7-9-19(36)10-8-18)34-28(41)23-6-5-13-35(23)29(42)25(31)17(3)4/h7-10,16-17,20-23,25,36H,5-6,11-15,31H2,1-4H3,(H,32,39)(H,33,40)(H,34,41)(H,37,38)(H,43,44)/t20-,21-,22-,23-,25-/m0/s1. The molecule has 0 spiro atoms. The number of aromatic hydroxyl groups is 1. The SMILES string of the molecule is CC(C)C[C@H](NC(=O)[C@H](Cc1ccc(O)cc1)NC(=O)[C@@H]1CCCN1C(=O)[C@@H](N)C(C)C)C(=O)N[C@@H](CCC(=O)O)C(=O)O. The van der Waals surface area contributed by atoms with Crippen LogP contribution in [0.2, 0.25) is 0 Å². The van der Waals surface area contributed by atoms with Crippen molar-refractivity contribution in [3.63, 3.8) is 0 Å². The molecule has 4 amide bonds. The van der Waals surface area contributed by atoms with Crippen molar-refractivity contribution in [1.29, 1.82) is 0 Å². The topological polar surface area (TPSA) is 228 Å². The number of nitrogens with two attached hydrogens (primary N) is 1. The molecular formula is C30H45N5O9. The molecule has 0 aliphatic carbocycles. The number of hydrogen-bond donors (Lipinski definition) is 7. The first-order valence-corrected chi connectivity index (χ1v) is 14.8. The predicted octanol–water partition coefficient (Wildman–Crippen LogP) is 0.359. The molecule has 5 atom stereocenters. The molecule has 14 nitrogen and oxygen atoms in total. The summed E-state index contributed by atoms with van der Waals surface area (Å²) in [6.07, 6.45) is 0.225. The van der Waals surface area contributed by atoms with Gasteiger partial charge >= 0.3 is 11.9 Å². The van der Waals surface area contributed by atoms with E-state index in [1.165, 1.54) is 17.0 Å². The van der Waals surface area contributed by atoms with Crippen LogP contribution in [-0.2, 0) is 35.2 Å². The fraction of sp³-hybridized carbons (Fsp3) is 0.600. The van der Waals surface area contributed by atoms with Crippen LogP contribution < -0.4 is 21.7 Å². The van der Waals surface area contributed by atoms with Crippen molar-refractivity contribution in [1.82, 2.24) is 20.9 Å². The summed E-state index contributed by atoms with van der Waals surface area (Å²) in [5, 5.41) is 35.8. The number of carbonyl (C=O) groups excluding carboxylic acids is 4. The Morgan fingerprint density at radius 2 is 1.50 bits per heavy atom. The monoisotopic (exact) mass is 619 g/mol. The van der Waals surface area contributed by atoms with Crippen LogP contribution in [0, 0.1) is 11.8 Å². The van der Waals surface area contributed by atoms with E-state index < -0.39 is 66.3 Å². The van der Waals surface area contributed by atoms with Gasteiger partial charge in [-0.3, -0.25) is 24.0 Å². The van der Waals surface area contributed by atoms with E-state index in [9.17, 15) is 39.0 Å². The number of hydrogen-bond acceptors (Lipinski definition) is 8. The summed E-state index contributed by atoms with van der Waals surface area (Å²) in [6.45, 7) is 7.56. The van der Waals surface area contributed by atoms with E-state index in [2.05, 4.69) is 16.0 Å². The molecule has 14 heteroatoms. The second kappa shape index (κ2) is 16.6. The number of amides is 4. The van der Waals surface area contributed by atoms with E-state index in [1.54, 1.807) is 39.8 Å². The fourth-order valence-electron chi connectivity index (χ4n) is 4.90. The summed E-state index contributed by atoms with van der Waals surface area (Å²) in [6, 6.07) is 0.489. The molecule has 244 valence electrons. The van der Waals surface area contributed by atoms with Gasteiger partial charge in [0.25, 0.3) is 0 Å². The first kappa shape index (κ1) is 36.0. The van der Waals surface area contributed by atoms with E-state index in [0.717, 1.165) is 0 Å². The van der Waals surface area contributed by atoms with Gasteiger partial charge in [0.05, 0.1) is 6.04 Å². The molecule has 1 aliphatic heterocycles. The van der Waals surface area contributed by atoms with E-state index in [-0.39, 0.29) is 42.8 Å². The molecule has 1 fully saturated rings. The molecule has 8 N–H and O–H groups in total. The lowest BCUT2D eigenvalue weighted by Crippen LogP contribution is -2.59. The largest absolute Gasteiger partial charge is 0.508 e. The van der Waals surface area contributed by atoms with Gasteiger partial charge in [0.2, 0.25) is 23.6 Å². The first-order chi connectivity index (χ1) is 20.6. The Kier molecular flexibility index (Phi) is 13.6. The van der Waals surface area contributed by atoms with Crippen LogP contribution in [0.4, 0.5) is 0 Å². The molecule has 1 saturated heterocycles. The zero-order valence-corrected chi connectivity index (χ0v) is 25.6. The van der Waals surface area contributed by atoms with Gasteiger partial charge in [0, 0.05) is 19.4 Å². The van der Waals surface area contributed by atoms with Crippen molar-refractivity contribution in [3.8, 4) is 5.75 Å². The van der Waals surface area contributed by atoms with Crippen molar-refractivity contribution in [2.24, 2.45) is 17.6 Å². The van der Waals surface area contributed by atoms with Gasteiger partial charge in [-0.15, -0.1) is 0 Å². The lowest BCUT2D eigenvalue weighted by molar-refractivity contribution is -0.143. The van der Waals surface area contributed by atoms with Gasteiger partial charge in [-0.1, -0.05) is 39.8 Å². The van der Waals surface area contributed by atoms with Gasteiger partial charge in [0.15, 0.2) is 0 Å². The normalized spacial score (nSPS) is 17.4. The first-order valence-electron chi connectivity index (χ1n) is 14.8. The zero-order valence-electron chi connectivity index (χ0n) is 25.6. The van der Waals surface area contributed by atoms with Crippen LogP contribution in [0.5, 0.6) is 5.75 Å². The maximum atomic E-state index is 13.7. The van der Waals surface area contributed by atoms with Crippen LogP contribution in [-0.4, -0.2) is 92.5 Å². The Labute approximate surface area is 256 Å². The number of carbonyl (C=O) groups is 6. The molecule has 0 unspecified atom stereocenters. The number of phenols is 1. The third kappa shape index (κ3) is 10.8. The quantitative estimate of drug-likeness (QED) is 0.134. The number of rotatable bonds is 16. The molecule has 0 saturated carbocycles. The van der Waals surface area contributed by atoms with Crippen molar-refractivity contribution < 1.29 is 44.1 Å². The summed E-state index contributed by atoms with van der Waals surface area (Å²) in [4.78, 5) is 77.3. The minimum Gasteiger partial charge on any atom is -0.508 e. The van der Waals surface area contributed by atoms with Gasteiger partial charge in [-0.25, -0.2) is 4.79 Å². The lowest BCUT2D eigenvalue weighted by atomic mass is 10.00. The highest BCUT2D eigenvalue weighted by Gasteiger charge is 2.38. The number of nitrogens with one attached hydrogen (secondary N) is 3. The number of phenolic OH excluding ortho intramolecular Hbond substituents is 1.